The smallest absolute Gasteiger partial charge is 0.220 e. The lowest BCUT2D eigenvalue weighted by molar-refractivity contribution is 0.0895. The lowest BCUT2D eigenvalue weighted by Crippen LogP contribution is -1.98. The molecule has 0 fully saturated rings. The summed E-state index contributed by atoms with van der Waals surface area (Å²) in [6.45, 7) is 5.00. The zero-order chi connectivity index (χ0) is 22.8. The normalized spacial score (nSPS) is 10.3. The molecule has 4 rings (SSSR count). The molecule has 0 unspecified atom stereocenters. The number of halogens is 1. The second-order valence-electron chi connectivity index (χ2n) is 7.39. The number of hydrogen-bond donors (Lipinski definition) is 0. The minimum Gasteiger partial charge on any atom is -0.446 e. The molecular formula is C27H26BrNO3. The fraction of sp³-hybridized carbons (Fsp3) is 0.185. The molecule has 0 saturated carbocycles. The molecule has 3 aromatic carbocycles. The predicted molar refractivity (Wildman–Crippen MR) is 131 cm³/mol. The highest BCUT2D eigenvalue weighted by atomic mass is 79.9. The first kappa shape index (κ1) is 23.6. The molecule has 4 nitrogen and oxygen atoms in total. The number of hydrogen-bond acceptors (Lipinski definition) is 4. The quantitative estimate of drug-likeness (QED) is 0.207. The number of rotatable bonds is 7. The summed E-state index contributed by atoms with van der Waals surface area (Å²) in [5.74, 6) is 0.728. The summed E-state index contributed by atoms with van der Waals surface area (Å²) in [5, 5.41) is 0.399. The van der Waals surface area contributed by atoms with E-state index in [4.69, 9.17) is 9.15 Å². The van der Waals surface area contributed by atoms with Gasteiger partial charge in [0.05, 0.1) is 11.9 Å². The Morgan fingerprint density at radius 2 is 1.50 bits per heavy atom. The number of aromatic nitrogens is 1. The van der Waals surface area contributed by atoms with Crippen LogP contribution in [0.5, 0.6) is 0 Å². The van der Waals surface area contributed by atoms with E-state index < -0.39 is 0 Å². The van der Waals surface area contributed by atoms with Gasteiger partial charge in [0, 0.05) is 11.1 Å². The lowest BCUT2D eigenvalue weighted by atomic mass is 10.1. The highest BCUT2D eigenvalue weighted by Crippen LogP contribution is 2.19. The molecular weight excluding hydrogens is 466 g/mol. The van der Waals surface area contributed by atoms with Crippen LogP contribution in [-0.2, 0) is 18.0 Å². The molecule has 0 bridgehead atoms. The Hall–Kier alpha value is -3.02. The van der Waals surface area contributed by atoms with Gasteiger partial charge >= 0.3 is 0 Å². The van der Waals surface area contributed by atoms with E-state index in [1.165, 1.54) is 11.1 Å². The van der Waals surface area contributed by atoms with Crippen molar-refractivity contribution in [2.24, 2.45) is 0 Å². The average Bonchev–Trinajstić information content (AvgIpc) is 3.29. The standard InChI is InChI=1S/C18H17NO2.C9H9BrO/c1-14-7-9-16(10-8-14)17-12-21-18(19-17)13-20-11-15-5-3-2-4-6-15;1-7-2-4-8(5-3-7)9(11)6-10/h2-10,12H,11,13H2,1H3;2-5H,6H2,1H3. The third-order valence-electron chi connectivity index (χ3n) is 4.73. The second-order valence-corrected chi connectivity index (χ2v) is 7.95. The van der Waals surface area contributed by atoms with E-state index in [2.05, 4.69) is 40.0 Å². The monoisotopic (exact) mass is 491 g/mol. The van der Waals surface area contributed by atoms with Gasteiger partial charge in [0.1, 0.15) is 18.6 Å². The second kappa shape index (κ2) is 12.1. The zero-order valence-corrected chi connectivity index (χ0v) is 19.8. The van der Waals surface area contributed by atoms with Gasteiger partial charge in [0.15, 0.2) is 5.78 Å². The van der Waals surface area contributed by atoms with Crippen LogP contribution in [0, 0.1) is 13.8 Å². The van der Waals surface area contributed by atoms with Crippen molar-refractivity contribution in [2.75, 3.05) is 5.33 Å². The van der Waals surface area contributed by atoms with Crippen LogP contribution in [0.3, 0.4) is 0 Å². The highest BCUT2D eigenvalue weighted by molar-refractivity contribution is 9.09. The van der Waals surface area contributed by atoms with Gasteiger partial charge in [-0.05, 0) is 19.4 Å². The topological polar surface area (TPSA) is 52.3 Å². The Morgan fingerprint density at radius 1 is 0.875 bits per heavy atom. The van der Waals surface area contributed by atoms with Crippen LogP contribution in [0.25, 0.3) is 11.3 Å². The van der Waals surface area contributed by atoms with Gasteiger partial charge in [-0.2, -0.15) is 0 Å². The summed E-state index contributed by atoms with van der Waals surface area (Å²) >= 11 is 3.12. The van der Waals surface area contributed by atoms with Crippen LogP contribution in [-0.4, -0.2) is 16.1 Å². The van der Waals surface area contributed by atoms with Gasteiger partial charge in [-0.15, -0.1) is 0 Å². The molecule has 0 aliphatic carbocycles. The minimum absolute atomic E-state index is 0.130. The average molecular weight is 492 g/mol. The van der Waals surface area contributed by atoms with Crippen molar-refractivity contribution in [2.45, 2.75) is 27.1 Å². The Labute approximate surface area is 197 Å². The molecule has 1 aromatic heterocycles. The number of aryl methyl sites for hydroxylation is 2. The van der Waals surface area contributed by atoms with Crippen LogP contribution in [0.15, 0.2) is 89.5 Å². The molecule has 0 aliphatic heterocycles. The van der Waals surface area contributed by atoms with E-state index in [0.29, 0.717) is 24.4 Å². The number of ether oxygens (including phenoxy) is 1. The number of oxazole rings is 1. The van der Waals surface area contributed by atoms with Crippen molar-refractivity contribution < 1.29 is 13.9 Å². The van der Waals surface area contributed by atoms with Crippen LogP contribution < -0.4 is 0 Å². The third-order valence-corrected chi connectivity index (χ3v) is 5.24. The SMILES string of the molecule is Cc1ccc(-c2coc(COCc3ccccc3)n2)cc1.Cc1ccc(C(=O)CBr)cc1. The summed E-state index contributed by atoms with van der Waals surface area (Å²) in [5.41, 5.74) is 6.21. The third kappa shape index (κ3) is 7.29. The number of Topliss-reactive ketones (excluding diaryl/α,β-unsaturated/α-hetero) is 1. The van der Waals surface area contributed by atoms with E-state index in [1.54, 1.807) is 6.26 Å². The van der Waals surface area contributed by atoms with Crippen molar-refractivity contribution in [1.82, 2.24) is 4.98 Å². The molecule has 4 aromatic rings. The van der Waals surface area contributed by atoms with Crippen LogP contribution in [0.2, 0.25) is 0 Å². The first-order valence-electron chi connectivity index (χ1n) is 10.3. The number of nitrogens with zero attached hydrogens (tertiary/aromatic N) is 1. The van der Waals surface area contributed by atoms with E-state index >= 15 is 0 Å². The summed E-state index contributed by atoms with van der Waals surface area (Å²) in [6, 6.07) is 25.9. The summed E-state index contributed by atoms with van der Waals surface area (Å²) in [7, 11) is 0. The number of benzene rings is 3. The maximum Gasteiger partial charge on any atom is 0.220 e. The molecule has 0 atom stereocenters. The van der Waals surface area contributed by atoms with Crippen molar-refractivity contribution in [3.05, 3.63) is 113 Å². The summed E-state index contributed by atoms with van der Waals surface area (Å²) < 4.78 is 11.1. The first-order chi connectivity index (χ1) is 15.5. The van der Waals surface area contributed by atoms with Gasteiger partial charge in [0.25, 0.3) is 0 Å². The Kier molecular flexibility index (Phi) is 8.96. The number of alkyl halides is 1. The maximum atomic E-state index is 11.1. The largest absolute Gasteiger partial charge is 0.446 e. The fourth-order valence-corrected chi connectivity index (χ4v) is 3.20. The van der Waals surface area contributed by atoms with Crippen molar-refractivity contribution in [3.63, 3.8) is 0 Å². The number of carbonyl (C=O) groups is 1. The fourth-order valence-electron chi connectivity index (χ4n) is 2.88. The van der Waals surface area contributed by atoms with Gasteiger partial charge in [-0.25, -0.2) is 4.98 Å². The molecule has 1 heterocycles. The molecule has 0 amide bonds. The van der Waals surface area contributed by atoms with Crippen LogP contribution >= 0.6 is 15.9 Å². The molecule has 0 radical (unpaired) electrons. The number of ketones is 1. The molecule has 32 heavy (non-hydrogen) atoms. The van der Waals surface area contributed by atoms with Gasteiger partial charge in [-0.1, -0.05) is 106 Å². The van der Waals surface area contributed by atoms with Crippen LogP contribution in [0.4, 0.5) is 0 Å². The Balaban J connectivity index is 0.000000222. The number of carbonyl (C=O) groups excluding carboxylic acids is 1. The Bertz CT molecular complexity index is 1100. The first-order valence-corrected chi connectivity index (χ1v) is 11.5. The molecule has 0 N–H and O–H groups in total. The van der Waals surface area contributed by atoms with Crippen molar-refractivity contribution >= 4 is 21.7 Å². The molecule has 164 valence electrons. The van der Waals surface area contributed by atoms with E-state index in [9.17, 15) is 4.79 Å². The molecule has 0 saturated heterocycles. The van der Waals surface area contributed by atoms with Crippen LogP contribution in [0.1, 0.15) is 32.9 Å². The van der Waals surface area contributed by atoms with Gasteiger partial charge in [-0.3, -0.25) is 4.79 Å². The van der Waals surface area contributed by atoms with Gasteiger partial charge in [0.2, 0.25) is 5.89 Å². The van der Waals surface area contributed by atoms with Crippen molar-refractivity contribution in [1.29, 1.82) is 0 Å². The summed E-state index contributed by atoms with van der Waals surface area (Å²) in [4.78, 5) is 15.5. The predicted octanol–water partition coefficient (Wildman–Crippen LogP) is 6.94. The Morgan fingerprint density at radius 3 is 2.12 bits per heavy atom. The highest BCUT2D eigenvalue weighted by Gasteiger charge is 2.06. The molecule has 0 spiro atoms. The maximum absolute atomic E-state index is 11.1. The lowest BCUT2D eigenvalue weighted by Gasteiger charge is -2.01. The van der Waals surface area contributed by atoms with E-state index in [1.807, 2.05) is 73.7 Å². The van der Waals surface area contributed by atoms with Gasteiger partial charge < -0.3 is 9.15 Å². The zero-order valence-electron chi connectivity index (χ0n) is 18.3. The van der Waals surface area contributed by atoms with E-state index in [0.717, 1.165) is 22.4 Å². The molecule has 5 heteroatoms. The summed E-state index contributed by atoms with van der Waals surface area (Å²) in [6.07, 6.45) is 1.67. The van der Waals surface area contributed by atoms with E-state index in [-0.39, 0.29) is 5.78 Å². The minimum atomic E-state index is 0.130. The van der Waals surface area contributed by atoms with Crippen molar-refractivity contribution in [3.8, 4) is 11.3 Å². The molecule has 0 aliphatic rings.